The fraction of sp³-hybridized carbons (Fsp3) is 0.176. The van der Waals surface area contributed by atoms with Gasteiger partial charge in [0, 0.05) is 19.2 Å². The molecule has 0 aliphatic heterocycles. The lowest BCUT2D eigenvalue weighted by atomic mass is 10.2. The Morgan fingerprint density at radius 2 is 1.74 bits per heavy atom. The number of hydrazine groups is 1. The third-order valence-electron chi connectivity index (χ3n) is 3.11. The lowest BCUT2D eigenvalue weighted by molar-refractivity contribution is -0.274. The van der Waals surface area contributed by atoms with Crippen molar-refractivity contribution in [1.82, 2.24) is 10.7 Å². The van der Waals surface area contributed by atoms with Gasteiger partial charge in [-0.15, -0.1) is 13.2 Å². The first-order valence-corrected chi connectivity index (χ1v) is 7.73. The summed E-state index contributed by atoms with van der Waals surface area (Å²) < 4.78 is 40.0. The molecular weight excluding hydrogens is 365 g/mol. The van der Waals surface area contributed by atoms with E-state index in [9.17, 15) is 22.8 Å². The molecule has 0 bridgehead atoms. The molecular formula is C17H17F3N4O3. The first kappa shape index (κ1) is 19.9. The molecule has 2 aromatic rings. The molecule has 0 unspecified atom stereocenters. The van der Waals surface area contributed by atoms with Crippen LogP contribution < -0.4 is 26.2 Å². The van der Waals surface area contributed by atoms with E-state index in [1.54, 1.807) is 24.3 Å². The number of hydrogen-bond donors (Lipinski definition) is 4. The third kappa shape index (κ3) is 7.55. The number of hydrogen-bond acceptors (Lipinski definition) is 4. The van der Waals surface area contributed by atoms with E-state index >= 15 is 0 Å². The largest absolute Gasteiger partial charge is 0.573 e. The van der Waals surface area contributed by atoms with Crippen LogP contribution in [0.5, 0.6) is 5.75 Å². The molecule has 0 aromatic heterocycles. The summed E-state index contributed by atoms with van der Waals surface area (Å²) in [5.41, 5.74) is 6.65. The van der Waals surface area contributed by atoms with Gasteiger partial charge in [-0.3, -0.25) is 15.6 Å². The number of anilines is 2. The van der Waals surface area contributed by atoms with Gasteiger partial charge in [0.15, 0.2) is 0 Å². The Balaban J connectivity index is 1.78. The molecule has 0 saturated carbocycles. The highest BCUT2D eigenvalue weighted by atomic mass is 19.4. The summed E-state index contributed by atoms with van der Waals surface area (Å²) in [5, 5.41) is 5.23. The molecule has 0 atom stereocenters. The molecule has 0 fully saturated rings. The highest BCUT2D eigenvalue weighted by Crippen LogP contribution is 2.23. The number of amides is 3. The van der Waals surface area contributed by atoms with E-state index in [1.807, 2.05) is 0 Å². The molecule has 0 saturated heterocycles. The van der Waals surface area contributed by atoms with Gasteiger partial charge in [0.05, 0.1) is 5.69 Å². The summed E-state index contributed by atoms with van der Waals surface area (Å²) >= 11 is 0. The molecule has 4 N–H and O–H groups in total. The standard InChI is InChI=1S/C17H17F3N4O3/c1-11(25)22-14-4-2-3-12(9-14)10-21-16(26)24-23-13-5-7-15(8-6-13)27-17(18,19)20/h2-9,23H,10H2,1H3,(H,22,25)(H2,21,24,26). The van der Waals surface area contributed by atoms with Crippen LogP contribution in [0.25, 0.3) is 0 Å². The van der Waals surface area contributed by atoms with Crippen molar-refractivity contribution >= 4 is 23.3 Å². The summed E-state index contributed by atoms with van der Waals surface area (Å²) in [7, 11) is 0. The van der Waals surface area contributed by atoms with Crippen LogP contribution in [-0.4, -0.2) is 18.3 Å². The second kappa shape index (κ2) is 8.79. The fourth-order valence-corrected chi connectivity index (χ4v) is 2.06. The Kier molecular flexibility index (Phi) is 6.47. The van der Waals surface area contributed by atoms with Crippen molar-refractivity contribution in [2.24, 2.45) is 0 Å². The molecule has 3 amide bonds. The average Bonchev–Trinajstić information content (AvgIpc) is 2.58. The first-order chi connectivity index (χ1) is 12.7. The highest BCUT2D eigenvalue weighted by Gasteiger charge is 2.30. The number of alkyl halides is 3. The van der Waals surface area contributed by atoms with E-state index in [2.05, 4.69) is 26.2 Å². The molecule has 2 rings (SSSR count). The number of nitrogens with one attached hydrogen (secondary N) is 4. The number of rotatable bonds is 6. The Bertz CT molecular complexity index is 795. The maximum Gasteiger partial charge on any atom is 0.573 e. The zero-order valence-corrected chi connectivity index (χ0v) is 14.2. The van der Waals surface area contributed by atoms with Gasteiger partial charge in [-0.05, 0) is 42.0 Å². The predicted molar refractivity (Wildman–Crippen MR) is 92.9 cm³/mol. The first-order valence-electron chi connectivity index (χ1n) is 7.73. The predicted octanol–water partition coefficient (Wildman–Crippen LogP) is 3.37. The highest BCUT2D eigenvalue weighted by molar-refractivity contribution is 5.88. The van der Waals surface area contributed by atoms with Crippen molar-refractivity contribution in [3.05, 3.63) is 54.1 Å². The molecule has 0 aliphatic rings. The summed E-state index contributed by atoms with van der Waals surface area (Å²) in [6.07, 6.45) is -4.76. The van der Waals surface area contributed by atoms with Crippen molar-refractivity contribution in [2.75, 3.05) is 10.7 Å². The molecule has 0 spiro atoms. The van der Waals surface area contributed by atoms with E-state index in [0.717, 1.165) is 17.7 Å². The number of carbonyl (C=O) groups is 2. The van der Waals surface area contributed by atoms with E-state index in [-0.39, 0.29) is 18.2 Å². The second-order valence-electron chi connectivity index (χ2n) is 5.39. The van der Waals surface area contributed by atoms with Crippen LogP contribution in [0.3, 0.4) is 0 Å². The van der Waals surface area contributed by atoms with Crippen molar-refractivity contribution in [1.29, 1.82) is 0 Å². The van der Waals surface area contributed by atoms with Gasteiger partial charge >= 0.3 is 12.4 Å². The number of urea groups is 1. The fourth-order valence-electron chi connectivity index (χ4n) is 2.06. The lowest BCUT2D eigenvalue weighted by Gasteiger charge is -2.12. The van der Waals surface area contributed by atoms with Crippen LogP contribution in [0.1, 0.15) is 12.5 Å². The number of halogens is 3. The molecule has 7 nitrogen and oxygen atoms in total. The number of carbonyl (C=O) groups excluding carboxylic acids is 2. The van der Waals surface area contributed by atoms with Crippen LogP contribution >= 0.6 is 0 Å². The topological polar surface area (TPSA) is 91.5 Å². The smallest absolute Gasteiger partial charge is 0.406 e. The second-order valence-corrected chi connectivity index (χ2v) is 5.39. The average molecular weight is 382 g/mol. The minimum Gasteiger partial charge on any atom is -0.406 e. The van der Waals surface area contributed by atoms with Crippen molar-refractivity contribution in [3.63, 3.8) is 0 Å². The maximum absolute atomic E-state index is 12.1. The van der Waals surface area contributed by atoms with Gasteiger partial charge in [-0.25, -0.2) is 4.79 Å². The van der Waals surface area contributed by atoms with Crippen molar-refractivity contribution < 1.29 is 27.5 Å². The minimum atomic E-state index is -4.76. The summed E-state index contributed by atoms with van der Waals surface area (Å²) in [6.45, 7) is 1.60. The van der Waals surface area contributed by atoms with Crippen LogP contribution in [0, 0.1) is 0 Å². The van der Waals surface area contributed by atoms with Gasteiger partial charge in [0.25, 0.3) is 0 Å². The Morgan fingerprint density at radius 1 is 1.04 bits per heavy atom. The van der Waals surface area contributed by atoms with Gasteiger partial charge < -0.3 is 15.4 Å². The van der Waals surface area contributed by atoms with Crippen molar-refractivity contribution in [2.45, 2.75) is 19.8 Å². The van der Waals surface area contributed by atoms with Gasteiger partial charge in [-0.1, -0.05) is 12.1 Å². The normalized spacial score (nSPS) is 10.7. The van der Waals surface area contributed by atoms with E-state index in [1.165, 1.54) is 19.1 Å². The van der Waals surface area contributed by atoms with Crippen molar-refractivity contribution in [3.8, 4) is 5.75 Å². The molecule has 144 valence electrons. The SMILES string of the molecule is CC(=O)Nc1cccc(CNC(=O)NNc2ccc(OC(F)(F)F)cc2)c1. The van der Waals surface area contributed by atoms with Crippen LogP contribution in [0.15, 0.2) is 48.5 Å². The molecule has 2 aromatic carbocycles. The Hall–Kier alpha value is -3.43. The van der Waals surface area contributed by atoms with E-state index < -0.39 is 12.4 Å². The summed E-state index contributed by atoms with van der Waals surface area (Å²) in [5.74, 6) is -0.565. The Morgan fingerprint density at radius 3 is 2.37 bits per heavy atom. The number of ether oxygens (including phenoxy) is 1. The van der Waals surface area contributed by atoms with Gasteiger partial charge in [-0.2, -0.15) is 0 Å². The minimum absolute atomic E-state index is 0.200. The lowest BCUT2D eigenvalue weighted by Crippen LogP contribution is -2.38. The molecule has 0 heterocycles. The maximum atomic E-state index is 12.1. The zero-order valence-electron chi connectivity index (χ0n) is 14.2. The monoisotopic (exact) mass is 382 g/mol. The van der Waals surface area contributed by atoms with E-state index in [0.29, 0.717) is 11.4 Å². The summed E-state index contributed by atoms with van der Waals surface area (Å²) in [4.78, 5) is 22.8. The molecule has 10 heteroatoms. The van der Waals surface area contributed by atoms with Gasteiger partial charge in [0.1, 0.15) is 5.75 Å². The summed E-state index contributed by atoms with van der Waals surface area (Å²) in [6, 6.07) is 11.3. The Labute approximate surface area is 152 Å². The molecule has 27 heavy (non-hydrogen) atoms. The third-order valence-corrected chi connectivity index (χ3v) is 3.11. The van der Waals surface area contributed by atoms with Crippen LogP contribution in [-0.2, 0) is 11.3 Å². The van der Waals surface area contributed by atoms with Gasteiger partial charge in [0.2, 0.25) is 5.91 Å². The van der Waals surface area contributed by atoms with E-state index in [4.69, 9.17) is 0 Å². The van der Waals surface area contributed by atoms with Crippen LogP contribution in [0.2, 0.25) is 0 Å². The number of benzene rings is 2. The molecule has 0 radical (unpaired) electrons. The van der Waals surface area contributed by atoms with Crippen LogP contribution in [0.4, 0.5) is 29.3 Å². The zero-order chi connectivity index (χ0) is 19.9. The quantitative estimate of drug-likeness (QED) is 0.577. The molecule has 0 aliphatic carbocycles.